The second kappa shape index (κ2) is 5.28. The molecule has 2 nitrogen and oxygen atoms in total. The van der Waals surface area contributed by atoms with Gasteiger partial charge in [-0.15, -0.1) is 0 Å². The molecule has 0 saturated carbocycles. The zero-order valence-corrected chi connectivity index (χ0v) is 11.2. The number of rotatable bonds is 2. The molecule has 1 aromatic carbocycles. The van der Waals surface area contributed by atoms with Crippen molar-refractivity contribution in [3.8, 4) is 0 Å². The van der Waals surface area contributed by atoms with Gasteiger partial charge in [0, 0.05) is 12.6 Å². The molecule has 1 unspecified atom stereocenters. The van der Waals surface area contributed by atoms with Crippen LogP contribution in [0.5, 0.6) is 0 Å². The van der Waals surface area contributed by atoms with Gasteiger partial charge >= 0.3 is 0 Å². The van der Waals surface area contributed by atoms with Crippen LogP contribution in [0.2, 0.25) is 0 Å². The van der Waals surface area contributed by atoms with Crippen molar-refractivity contribution in [1.82, 2.24) is 4.90 Å². The number of hydrogen-bond acceptors (Lipinski definition) is 1. The summed E-state index contributed by atoms with van der Waals surface area (Å²) in [5, 5.41) is 0. The SMILES string of the molecule is CCC1Cc2ccccc2CN1C(=O)C(Cl)Cl. The summed E-state index contributed by atoms with van der Waals surface area (Å²) in [6, 6.07) is 8.41. The molecule has 17 heavy (non-hydrogen) atoms. The summed E-state index contributed by atoms with van der Waals surface area (Å²) in [5.74, 6) is -0.185. The van der Waals surface area contributed by atoms with Crippen LogP contribution in [0.1, 0.15) is 24.5 Å². The summed E-state index contributed by atoms with van der Waals surface area (Å²) in [4.78, 5) is 12.8. The first-order valence-corrected chi connectivity index (χ1v) is 6.66. The highest BCUT2D eigenvalue weighted by atomic mass is 35.5. The molecular formula is C13H15Cl2NO. The fourth-order valence-corrected chi connectivity index (χ4v) is 2.59. The number of benzene rings is 1. The molecule has 2 rings (SSSR count). The summed E-state index contributed by atoms with van der Waals surface area (Å²) in [6.45, 7) is 2.69. The van der Waals surface area contributed by atoms with Gasteiger partial charge in [0.05, 0.1) is 0 Å². The van der Waals surface area contributed by atoms with Crippen LogP contribution in [0.4, 0.5) is 0 Å². The number of alkyl halides is 2. The molecule has 1 aliphatic rings. The summed E-state index contributed by atoms with van der Waals surface area (Å²) < 4.78 is 0. The van der Waals surface area contributed by atoms with Crippen molar-refractivity contribution in [2.45, 2.75) is 37.2 Å². The van der Waals surface area contributed by atoms with E-state index in [-0.39, 0.29) is 11.9 Å². The van der Waals surface area contributed by atoms with Crippen LogP contribution in [0.25, 0.3) is 0 Å². The van der Waals surface area contributed by atoms with Gasteiger partial charge in [-0.25, -0.2) is 0 Å². The van der Waals surface area contributed by atoms with Crippen LogP contribution < -0.4 is 0 Å². The van der Waals surface area contributed by atoms with Gasteiger partial charge in [-0.2, -0.15) is 0 Å². The Hall–Kier alpha value is -0.730. The molecule has 1 aliphatic heterocycles. The summed E-state index contributed by atoms with van der Waals surface area (Å²) in [5.41, 5.74) is 2.52. The van der Waals surface area contributed by atoms with Crippen molar-refractivity contribution in [2.75, 3.05) is 0 Å². The zero-order valence-electron chi connectivity index (χ0n) is 9.70. The maximum atomic E-state index is 11.9. The number of fused-ring (bicyclic) bond motifs is 1. The number of carbonyl (C=O) groups excluding carboxylic acids is 1. The predicted molar refractivity (Wildman–Crippen MR) is 70.3 cm³/mol. The van der Waals surface area contributed by atoms with E-state index in [1.54, 1.807) is 4.90 Å². The van der Waals surface area contributed by atoms with Crippen molar-refractivity contribution in [3.63, 3.8) is 0 Å². The highest BCUT2D eigenvalue weighted by Crippen LogP contribution is 2.26. The van der Waals surface area contributed by atoms with E-state index < -0.39 is 4.84 Å². The molecule has 4 heteroatoms. The molecule has 0 bridgehead atoms. The van der Waals surface area contributed by atoms with Crippen molar-refractivity contribution in [1.29, 1.82) is 0 Å². The van der Waals surface area contributed by atoms with E-state index in [0.29, 0.717) is 6.54 Å². The van der Waals surface area contributed by atoms with Crippen molar-refractivity contribution in [3.05, 3.63) is 35.4 Å². The minimum absolute atomic E-state index is 0.185. The fraction of sp³-hybridized carbons (Fsp3) is 0.462. The molecule has 92 valence electrons. The van der Waals surface area contributed by atoms with E-state index >= 15 is 0 Å². The fourth-order valence-electron chi connectivity index (χ4n) is 2.34. The Morgan fingerprint density at radius 2 is 2.06 bits per heavy atom. The smallest absolute Gasteiger partial charge is 0.256 e. The van der Waals surface area contributed by atoms with Crippen LogP contribution in [0.15, 0.2) is 24.3 Å². The molecule has 0 radical (unpaired) electrons. The number of nitrogens with zero attached hydrogens (tertiary/aromatic N) is 1. The minimum Gasteiger partial charge on any atom is -0.333 e. The minimum atomic E-state index is -0.964. The molecule has 0 aromatic heterocycles. The number of amides is 1. The van der Waals surface area contributed by atoms with Gasteiger partial charge in [-0.1, -0.05) is 54.4 Å². The predicted octanol–water partition coefficient (Wildman–Crippen LogP) is 3.15. The average molecular weight is 272 g/mol. The lowest BCUT2D eigenvalue weighted by Gasteiger charge is -2.36. The Morgan fingerprint density at radius 3 is 2.65 bits per heavy atom. The lowest BCUT2D eigenvalue weighted by molar-refractivity contribution is -0.132. The first-order valence-electron chi connectivity index (χ1n) is 5.79. The van der Waals surface area contributed by atoms with Crippen LogP contribution in [0, 0.1) is 0 Å². The topological polar surface area (TPSA) is 20.3 Å². The number of halogens is 2. The molecule has 1 heterocycles. The van der Waals surface area contributed by atoms with Crippen LogP contribution in [0.3, 0.4) is 0 Å². The summed E-state index contributed by atoms with van der Waals surface area (Å²) >= 11 is 11.4. The maximum absolute atomic E-state index is 11.9. The lowest BCUT2D eigenvalue weighted by Crippen LogP contribution is -2.46. The normalized spacial score (nSPS) is 19.3. The third-order valence-electron chi connectivity index (χ3n) is 3.30. The molecule has 1 atom stereocenters. The first kappa shape index (κ1) is 12.7. The largest absolute Gasteiger partial charge is 0.333 e. The van der Waals surface area contributed by atoms with E-state index in [9.17, 15) is 4.79 Å². The number of hydrogen-bond donors (Lipinski definition) is 0. The molecule has 1 aromatic rings. The number of carbonyl (C=O) groups is 1. The van der Waals surface area contributed by atoms with Gasteiger partial charge in [-0.3, -0.25) is 4.79 Å². The monoisotopic (exact) mass is 271 g/mol. The van der Waals surface area contributed by atoms with Crippen molar-refractivity contribution >= 4 is 29.1 Å². The van der Waals surface area contributed by atoms with Crippen molar-refractivity contribution < 1.29 is 4.79 Å². The first-order chi connectivity index (χ1) is 8.13. The Labute approximate surface area is 112 Å². The van der Waals surface area contributed by atoms with Crippen LogP contribution in [-0.2, 0) is 17.8 Å². The Bertz CT molecular complexity index is 420. The van der Waals surface area contributed by atoms with E-state index in [0.717, 1.165) is 12.8 Å². The van der Waals surface area contributed by atoms with Gasteiger partial charge in [0.25, 0.3) is 5.91 Å². The molecular weight excluding hydrogens is 257 g/mol. The summed E-state index contributed by atoms with van der Waals surface area (Å²) in [6.07, 6.45) is 1.81. The van der Waals surface area contributed by atoms with Gasteiger partial charge in [-0.05, 0) is 24.0 Å². The highest BCUT2D eigenvalue weighted by Gasteiger charge is 2.30. The quantitative estimate of drug-likeness (QED) is 0.757. The third-order valence-corrected chi connectivity index (χ3v) is 3.67. The van der Waals surface area contributed by atoms with Crippen LogP contribution in [-0.4, -0.2) is 21.7 Å². The molecule has 0 aliphatic carbocycles. The average Bonchev–Trinajstić information content (AvgIpc) is 2.36. The molecule has 0 saturated heterocycles. The molecule has 0 fully saturated rings. The van der Waals surface area contributed by atoms with Crippen molar-refractivity contribution in [2.24, 2.45) is 0 Å². The molecule has 0 spiro atoms. The zero-order chi connectivity index (χ0) is 12.4. The maximum Gasteiger partial charge on any atom is 0.256 e. The Morgan fingerprint density at radius 1 is 1.41 bits per heavy atom. The van der Waals surface area contributed by atoms with Gasteiger partial charge in [0.2, 0.25) is 0 Å². The van der Waals surface area contributed by atoms with E-state index in [1.165, 1.54) is 11.1 Å². The standard InChI is InChI=1S/C13H15Cl2NO/c1-2-11-7-9-5-3-4-6-10(9)8-16(11)13(17)12(14)15/h3-6,11-12H,2,7-8H2,1H3. The lowest BCUT2D eigenvalue weighted by atomic mass is 9.93. The van der Waals surface area contributed by atoms with Gasteiger partial charge in [0.15, 0.2) is 4.84 Å². The molecule has 1 amide bonds. The van der Waals surface area contributed by atoms with Gasteiger partial charge in [0.1, 0.15) is 0 Å². The van der Waals surface area contributed by atoms with E-state index in [4.69, 9.17) is 23.2 Å². The van der Waals surface area contributed by atoms with Gasteiger partial charge < -0.3 is 4.90 Å². The Kier molecular flexibility index (Phi) is 3.95. The second-order valence-corrected chi connectivity index (χ2v) is 5.40. The van der Waals surface area contributed by atoms with E-state index in [2.05, 4.69) is 19.1 Å². The summed E-state index contributed by atoms with van der Waals surface area (Å²) in [7, 11) is 0. The third kappa shape index (κ3) is 2.58. The Balaban J connectivity index is 2.27. The molecule has 0 N–H and O–H groups in total. The second-order valence-electron chi connectivity index (χ2n) is 4.30. The van der Waals surface area contributed by atoms with E-state index in [1.807, 2.05) is 12.1 Å². The highest BCUT2D eigenvalue weighted by molar-refractivity contribution is 6.53. The van der Waals surface area contributed by atoms with Crippen LogP contribution >= 0.6 is 23.2 Å².